The number of hydrogen-bond donors (Lipinski definition) is 2. The zero-order valence-corrected chi connectivity index (χ0v) is 12.7. The fourth-order valence-corrected chi connectivity index (χ4v) is 4.42. The van der Waals surface area contributed by atoms with Crippen LogP contribution >= 0.6 is 0 Å². The highest BCUT2D eigenvalue weighted by atomic mass is 16.3. The summed E-state index contributed by atoms with van der Waals surface area (Å²) in [5.41, 5.74) is 2.60. The first kappa shape index (κ1) is 14.0. The number of aliphatic hydroxyl groups excluding tert-OH is 1. The standard InChI is InChI=1S/C20H23NO/c22-20-16-12-7-13-17(20)19(15-10-5-2-6-11-15)21-18(16)14-8-3-1-4-9-14/h1-6,8-11,16-22H,7,12-13H2/t16?,17?,18-,19?,20?/m0/s1. The molecular weight excluding hydrogens is 270 g/mol. The van der Waals surface area contributed by atoms with Crippen molar-refractivity contribution in [3.63, 3.8) is 0 Å². The Morgan fingerprint density at radius 1 is 0.727 bits per heavy atom. The van der Waals surface area contributed by atoms with Gasteiger partial charge in [0.15, 0.2) is 0 Å². The SMILES string of the molecule is OC1C2CCCC1[C@H](c1ccccc1)NC2c1ccccc1. The molecule has 114 valence electrons. The summed E-state index contributed by atoms with van der Waals surface area (Å²) in [7, 11) is 0. The lowest BCUT2D eigenvalue weighted by Gasteiger charge is -2.50. The summed E-state index contributed by atoms with van der Waals surface area (Å²) in [6.45, 7) is 0. The third-order valence-corrected chi connectivity index (χ3v) is 5.49. The van der Waals surface area contributed by atoms with Gasteiger partial charge in [0.05, 0.1) is 6.10 Å². The van der Waals surface area contributed by atoms with Crippen molar-refractivity contribution in [2.24, 2.45) is 11.8 Å². The van der Waals surface area contributed by atoms with Crippen molar-refractivity contribution in [2.45, 2.75) is 37.5 Å². The van der Waals surface area contributed by atoms with Crippen molar-refractivity contribution < 1.29 is 5.11 Å². The number of fused-ring (bicyclic) bond motifs is 2. The Morgan fingerprint density at radius 2 is 1.18 bits per heavy atom. The minimum atomic E-state index is -0.203. The van der Waals surface area contributed by atoms with Gasteiger partial charge in [-0.15, -0.1) is 0 Å². The van der Waals surface area contributed by atoms with Gasteiger partial charge in [0.1, 0.15) is 0 Å². The quantitative estimate of drug-likeness (QED) is 0.881. The van der Waals surface area contributed by atoms with Crippen molar-refractivity contribution in [1.29, 1.82) is 0 Å². The van der Waals surface area contributed by atoms with Gasteiger partial charge < -0.3 is 10.4 Å². The predicted molar refractivity (Wildman–Crippen MR) is 88.3 cm³/mol. The summed E-state index contributed by atoms with van der Waals surface area (Å²) >= 11 is 0. The van der Waals surface area contributed by atoms with E-state index in [0.717, 1.165) is 12.8 Å². The van der Waals surface area contributed by atoms with Gasteiger partial charge in [-0.25, -0.2) is 0 Å². The fourth-order valence-electron chi connectivity index (χ4n) is 4.42. The first-order valence-electron chi connectivity index (χ1n) is 8.38. The largest absolute Gasteiger partial charge is 0.392 e. The lowest BCUT2D eigenvalue weighted by Crippen LogP contribution is -2.52. The van der Waals surface area contributed by atoms with Gasteiger partial charge in [0.2, 0.25) is 0 Å². The minimum absolute atomic E-state index is 0.203. The molecule has 0 spiro atoms. The number of nitrogens with one attached hydrogen (secondary N) is 1. The summed E-state index contributed by atoms with van der Waals surface area (Å²) < 4.78 is 0. The van der Waals surface area contributed by atoms with Crippen LogP contribution in [0.3, 0.4) is 0 Å². The Kier molecular flexibility index (Phi) is 3.73. The monoisotopic (exact) mass is 293 g/mol. The molecule has 2 bridgehead atoms. The first-order chi connectivity index (χ1) is 10.8. The highest BCUT2D eigenvalue weighted by molar-refractivity contribution is 5.27. The van der Waals surface area contributed by atoms with Gasteiger partial charge in [-0.2, -0.15) is 0 Å². The number of rotatable bonds is 2. The molecule has 5 atom stereocenters. The Balaban J connectivity index is 1.71. The highest BCUT2D eigenvalue weighted by Gasteiger charge is 2.46. The Bertz CT molecular complexity index is 559. The Hall–Kier alpha value is -1.64. The maximum absolute atomic E-state index is 10.9. The van der Waals surface area contributed by atoms with Crippen LogP contribution in [0.4, 0.5) is 0 Å². The maximum atomic E-state index is 10.9. The number of piperidine rings is 1. The van der Waals surface area contributed by atoms with Crippen LogP contribution in [0, 0.1) is 11.8 Å². The molecule has 2 N–H and O–H groups in total. The van der Waals surface area contributed by atoms with Gasteiger partial charge in [-0.1, -0.05) is 67.1 Å². The smallest absolute Gasteiger partial charge is 0.0632 e. The summed E-state index contributed by atoms with van der Waals surface area (Å²) in [6.07, 6.45) is 3.25. The second kappa shape index (κ2) is 5.86. The molecule has 1 aliphatic carbocycles. The predicted octanol–water partition coefficient (Wildman–Crippen LogP) is 3.85. The van der Waals surface area contributed by atoms with E-state index in [2.05, 4.69) is 66.0 Å². The molecule has 0 radical (unpaired) electrons. The Labute approximate surface area is 132 Å². The molecule has 1 heterocycles. The number of hydrogen-bond acceptors (Lipinski definition) is 2. The fraction of sp³-hybridized carbons (Fsp3) is 0.400. The van der Waals surface area contributed by atoms with Crippen LogP contribution < -0.4 is 5.32 Å². The molecule has 2 heteroatoms. The molecule has 2 nitrogen and oxygen atoms in total. The van der Waals surface area contributed by atoms with Crippen LogP contribution in [0.15, 0.2) is 60.7 Å². The van der Waals surface area contributed by atoms with Crippen LogP contribution in [0.1, 0.15) is 42.5 Å². The Morgan fingerprint density at radius 3 is 1.64 bits per heavy atom. The molecule has 4 unspecified atom stereocenters. The van der Waals surface area contributed by atoms with Gasteiger partial charge in [-0.05, 0) is 24.0 Å². The number of aliphatic hydroxyl groups is 1. The van der Waals surface area contributed by atoms with Crippen molar-refractivity contribution >= 4 is 0 Å². The van der Waals surface area contributed by atoms with E-state index >= 15 is 0 Å². The van der Waals surface area contributed by atoms with E-state index in [1.807, 2.05) is 0 Å². The zero-order chi connectivity index (χ0) is 14.9. The molecule has 2 fully saturated rings. The topological polar surface area (TPSA) is 32.3 Å². The average Bonchev–Trinajstić information content (AvgIpc) is 2.57. The summed E-state index contributed by atoms with van der Waals surface area (Å²) in [6, 6.07) is 21.7. The molecular formula is C20H23NO. The van der Waals surface area contributed by atoms with E-state index in [9.17, 15) is 5.11 Å². The van der Waals surface area contributed by atoms with Crippen LogP contribution in [0.5, 0.6) is 0 Å². The molecule has 2 aliphatic rings. The summed E-state index contributed by atoms with van der Waals surface area (Å²) in [5, 5.41) is 14.8. The van der Waals surface area contributed by atoms with Crippen LogP contribution in [-0.2, 0) is 0 Å². The lowest BCUT2D eigenvalue weighted by molar-refractivity contribution is -0.0517. The van der Waals surface area contributed by atoms with Crippen molar-refractivity contribution in [2.75, 3.05) is 0 Å². The third kappa shape index (κ3) is 2.37. The van der Waals surface area contributed by atoms with Crippen LogP contribution in [0.25, 0.3) is 0 Å². The van der Waals surface area contributed by atoms with E-state index in [0.29, 0.717) is 11.8 Å². The molecule has 1 saturated carbocycles. The molecule has 1 aliphatic heterocycles. The first-order valence-corrected chi connectivity index (χ1v) is 8.38. The summed E-state index contributed by atoms with van der Waals surface area (Å²) in [5.74, 6) is 0.669. The highest BCUT2D eigenvalue weighted by Crippen LogP contribution is 2.47. The number of benzene rings is 2. The van der Waals surface area contributed by atoms with Gasteiger partial charge in [-0.3, -0.25) is 0 Å². The van der Waals surface area contributed by atoms with Crippen molar-refractivity contribution in [3.8, 4) is 0 Å². The lowest BCUT2D eigenvalue weighted by atomic mass is 9.66. The van der Waals surface area contributed by atoms with E-state index in [-0.39, 0.29) is 18.2 Å². The second-order valence-corrected chi connectivity index (χ2v) is 6.69. The molecule has 4 rings (SSSR count). The molecule has 22 heavy (non-hydrogen) atoms. The molecule has 1 saturated heterocycles. The van der Waals surface area contributed by atoms with Crippen LogP contribution in [0.2, 0.25) is 0 Å². The second-order valence-electron chi connectivity index (χ2n) is 6.69. The molecule has 2 aromatic carbocycles. The normalized spacial score (nSPS) is 34.3. The van der Waals surface area contributed by atoms with E-state index in [4.69, 9.17) is 0 Å². The molecule has 2 aromatic rings. The molecule has 0 amide bonds. The van der Waals surface area contributed by atoms with Crippen molar-refractivity contribution in [3.05, 3.63) is 71.8 Å². The van der Waals surface area contributed by atoms with E-state index < -0.39 is 0 Å². The third-order valence-electron chi connectivity index (χ3n) is 5.49. The minimum Gasteiger partial charge on any atom is -0.392 e. The average molecular weight is 293 g/mol. The van der Waals surface area contributed by atoms with Crippen molar-refractivity contribution in [1.82, 2.24) is 5.32 Å². The van der Waals surface area contributed by atoms with E-state index in [1.165, 1.54) is 17.5 Å². The van der Waals surface area contributed by atoms with Gasteiger partial charge >= 0.3 is 0 Å². The van der Waals surface area contributed by atoms with Gasteiger partial charge in [0, 0.05) is 23.9 Å². The zero-order valence-electron chi connectivity index (χ0n) is 12.7. The van der Waals surface area contributed by atoms with Crippen LogP contribution in [-0.4, -0.2) is 11.2 Å². The summed E-state index contributed by atoms with van der Waals surface area (Å²) in [4.78, 5) is 0. The van der Waals surface area contributed by atoms with Gasteiger partial charge in [0.25, 0.3) is 0 Å². The maximum Gasteiger partial charge on any atom is 0.0632 e. The van der Waals surface area contributed by atoms with E-state index in [1.54, 1.807) is 0 Å². The molecule has 0 aromatic heterocycles.